The van der Waals surface area contributed by atoms with Gasteiger partial charge in [0.1, 0.15) is 6.17 Å². The molecule has 0 aliphatic heterocycles. The summed E-state index contributed by atoms with van der Waals surface area (Å²) in [4.78, 5) is 17.6. The summed E-state index contributed by atoms with van der Waals surface area (Å²) in [5.41, 5.74) is 8.61. The smallest absolute Gasteiger partial charge is 0.265 e. The lowest BCUT2D eigenvalue weighted by Gasteiger charge is -2.29. The van der Waals surface area contributed by atoms with E-state index in [1.54, 1.807) is 11.1 Å². The molecule has 1 amide bonds. The van der Waals surface area contributed by atoms with Crippen LogP contribution >= 0.6 is 11.3 Å². The summed E-state index contributed by atoms with van der Waals surface area (Å²) in [7, 11) is 2.05. The zero-order valence-corrected chi connectivity index (χ0v) is 18.0. The summed E-state index contributed by atoms with van der Waals surface area (Å²) >= 11 is 1.43. The van der Waals surface area contributed by atoms with E-state index >= 15 is 0 Å². The Morgan fingerprint density at radius 1 is 1.03 bits per heavy atom. The highest BCUT2D eigenvalue weighted by Gasteiger charge is 2.21. The molecule has 0 spiro atoms. The van der Waals surface area contributed by atoms with Gasteiger partial charge >= 0.3 is 0 Å². The van der Waals surface area contributed by atoms with E-state index in [4.69, 9.17) is 5.73 Å². The van der Waals surface area contributed by atoms with Gasteiger partial charge in [-0.25, -0.2) is 0 Å². The first-order valence-corrected chi connectivity index (χ1v) is 10.8. The maximum Gasteiger partial charge on any atom is 0.265 e. The number of amides is 1. The Morgan fingerprint density at radius 2 is 1.73 bits per heavy atom. The summed E-state index contributed by atoms with van der Waals surface area (Å²) in [5, 5.41) is 5.10. The number of hydrogen-bond acceptors (Lipinski definition) is 5. The number of para-hydroxylation sites is 1. The quantitative estimate of drug-likeness (QED) is 0.482. The molecule has 156 valence electrons. The van der Waals surface area contributed by atoms with Crippen LogP contribution in [0.3, 0.4) is 0 Å². The fourth-order valence-corrected chi connectivity index (χ4v) is 3.74. The molecule has 1 aromatic heterocycles. The number of likely N-dealkylation sites (N-methyl/N-ethyl adjacent to an activating group) is 1. The van der Waals surface area contributed by atoms with Crippen molar-refractivity contribution in [3.05, 3.63) is 101 Å². The highest BCUT2D eigenvalue weighted by Crippen LogP contribution is 2.14. The van der Waals surface area contributed by atoms with E-state index in [1.807, 2.05) is 72.1 Å². The molecule has 0 aliphatic carbocycles. The molecule has 2 aromatic carbocycles. The number of carbonyl (C=O) groups is 1. The van der Waals surface area contributed by atoms with E-state index in [0.717, 1.165) is 18.8 Å². The van der Waals surface area contributed by atoms with Crippen molar-refractivity contribution in [2.75, 3.05) is 25.5 Å². The van der Waals surface area contributed by atoms with Gasteiger partial charge < -0.3 is 20.9 Å². The van der Waals surface area contributed by atoms with Crippen LogP contribution in [0.25, 0.3) is 0 Å². The first kappa shape index (κ1) is 21.8. The Morgan fingerprint density at radius 3 is 2.40 bits per heavy atom. The van der Waals surface area contributed by atoms with Gasteiger partial charge in [0.05, 0.1) is 4.88 Å². The van der Waals surface area contributed by atoms with Crippen LogP contribution in [0.1, 0.15) is 15.2 Å². The van der Waals surface area contributed by atoms with Gasteiger partial charge in [0.15, 0.2) is 0 Å². The molecule has 0 bridgehead atoms. The SMILES string of the molecule is CN(CCN(C(=O)c1cccs1)C(N)/C=C\Nc1ccccc1)Cc1ccccc1. The molecule has 0 aliphatic rings. The van der Waals surface area contributed by atoms with Crippen LogP contribution in [0.15, 0.2) is 90.5 Å². The van der Waals surface area contributed by atoms with Crippen LogP contribution in [0.2, 0.25) is 0 Å². The number of anilines is 1. The summed E-state index contributed by atoms with van der Waals surface area (Å²) in [6.45, 7) is 2.08. The average molecular weight is 421 g/mol. The molecule has 1 atom stereocenters. The van der Waals surface area contributed by atoms with E-state index in [1.165, 1.54) is 16.9 Å². The van der Waals surface area contributed by atoms with Crippen LogP contribution in [-0.2, 0) is 6.54 Å². The minimum atomic E-state index is -0.527. The zero-order chi connectivity index (χ0) is 21.2. The van der Waals surface area contributed by atoms with Crippen molar-refractivity contribution in [1.82, 2.24) is 9.80 Å². The third-order valence-corrected chi connectivity index (χ3v) is 5.55. The van der Waals surface area contributed by atoms with Crippen LogP contribution in [0.5, 0.6) is 0 Å². The van der Waals surface area contributed by atoms with E-state index in [0.29, 0.717) is 11.4 Å². The van der Waals surface area contributed by atoms with Gasteiger partial charge in [-0.05, 0) is 42.3 Å². The number of nitrogens with one attached hydrogen (secondary N) is 1. The van der Waals surface area contributed by atoms with E-state index < -0.39 is 6.17 Å². The van der Waals surface area contributed by atoms with Gasteiger partial charge in [0.25, 0.3) is 5.91 Å². The number of rotatable bonds is 10. The molecule has 30 heavy (non-hydrogen) atoms. The van der Waals surface area contributed by atoms with Crippen molar-refractivity contribution in [3.8, 4) is 0 Å². The predicted molar refractivity (Wildman–Crippen MR) is 125 cm³/mol. The van der Waals surface area contributed by atoms with Crippen molar-refractivity contribution < 1.29 is 4.79 Å². The van der Waals surface area contributed by atoms with Crippen molar-refractivity contribution in [2.45, 2.75) is 12.7 Å². The van der Waals surface area contributed by atoms with Crippen LogP contribution in [0, 0.1) is 0 Å². The highest BCUT2D eigenvalue weighted by atomic mass is 32.1. The topological polar surface area (TPSA) is 61.6 Å². The van der Waals surface area contributed by atoms with Gasteiger partial charge in [0.2, 0.25) is 0 Å². The van der Waals surface area contributed by atoms with Gasteiger partial charge in [-0.3, -0.25) is 4.79 Å². The number of hydrogen-bond donors (Lipinski definition) is 2. The lowest BCUT2D eigenvalue weighted by Crippen LogP contribution is -2.47. The molecule has 0 fully saturated rings. The summed E-state index contributed by atoms with van der Waals surface area (Å²) in [5.74, 6) is -0.0463. The summed E-state index contributed by atoms with van der Waals surface area (Å²) in [6, 6.07) is 23.9. The molecule has 5 nitrogen and oxygen atoms in total. The Balaban J connectivity index is 1.63. The molecule has 3 rings (SSSR count). The average Bonchev–Trinajstić information content (AvgIpc) is 3.30. The van der Waals surface area contributed by atoms with Gasteiger partial charge in [-0.15, -0.1) is 11.3 Å². The number of thiophene rings is 1. The minimum absolute atomic E-state index is 0.0463. The molecule has 0 saturated carbocycles. The van der Waals surface area contributed by atoms with E-state index in [9.17, 15) is 4.79 Å². The Kier molecular flexibility index (Phi) is 8.20. The second-order valence-corrected chi connectivity index (χ2v) is 8.01. The summed E-state index contributed by atoms with van der Waals surface area (Å²) in [6.07, 6.45) is 3.08. The molecule has 3 aromatic rings. The lowest BCUT2D eigenvalue weighted by atomic mass is 10.2. The largest absolute Gasteiger partial charge is 0.362 e. The van der Waals surface area contributed by atoms with Gasteiger partial charge in [-0.1, -0.05) is 54.6 Å². The molecular formula is C24H28N4OS. The zero-order valence-electron chi connectivity index (χ0n) is 17.1. The molecule has 3 N–H and O–H groups in total. The minimum Gasteiger partial charge on any atom is -0.362 e. The molecule has 6 heteroatoms. The number of nitrogens with zero attached hydrogens (tertiary/aromatic N) is 2. The standard InChI is InChI=1S/C24H28N4OS/c1-27(19-20-9-4-2-5-10-20)16-17-28(24(29)22-13-8-18-30-22)23(25)14-15-26-21-11-6-3-7-12-21/h2-15,18,23,26H,16-17,19,25H2,1H3/b15-14-. The van der Waals surface area contributed by atoms with Crippen LogP contribution in [0.4, 0.5) is 5.69 Å². The summed E-state index contributed by atoms with van der Waals surface area (Å²) < 4.78 is 0. The van der Waals surface area contributed by atoms with Crippen molar-refractivity contribution in [3.63, 3.8) is 0 Å². The van der Waals surface area contributed by atoms with Crippen molar-refractivity contribution in [1.29, 1.82) is 0 Å². The highest BCUT2D eigenvalue weighted by molar-refractivity contribution is 7.12. The normalized spacial score (nSPS) is 12.2. The first-order valence-electron chi connectivity index (χ1n) is 9.94. The Hall–Kier alpha value is -2.93. The van der Waals surface area contributed by atoms with E-state index in [-0.39, 0.29) is 5.91 Å². The Bertz CT molecular complexity index is 913. The van der Waals surface area contributed by atoms with Crippen LogP contribution < -0.4 is 11.1 Å². The second kappa shape index (κ2) is 11.3. The Labute approximate surface area is 182 Å². The second-order valence-electron chi connectivity index (χ2n) is 7.06. The number of nitrogens with two attached hydrogens (primary N) is 1. The molecule has 1 heterocycles. The third-order valence-electron chi connectivity index (χ3n) is 4.69. The molecule has 0 saturated heterocycles. The monoisotopic (exact) mass is 420 g/mol. The maximum absolute atomic E-state index is 13.0. The predicted octanol–water partition coefficient (Wildman–Crippen LogP) is 4.23. The molecular weight excluding hydrogens is 392 g/mol. The fourth-order valence-electron chi connectivity index (χ4n) is 3.06. The number of benzene rings is 2. The van der Waals surface area contributed by atoms with Gasteiger partial charge in [-0.2, -0.15) is 0 Å². The number of carbonyl (C=O) groups excluding carboxylic acids is 1. The third kappa shape index (κ3) is 6.56. The van der Waals surface area contributed by atoms with Crippen molar-refractivity contribution >= 4 is 22.9 Å². The molecule has 0 radical (unpaired) electrons. The van der Waals surface area contributed by atoms with E-state index in [2.05, 4.69) is 29.4 Å². The lowest BCUT2D eigenvalue weighted by molar-refractivity contribution is 0.0703. The maximum atomic E-state index is 13.0. The van der Waals surface area contributed by atoms with Gasteiger partial charge in [0, 0.05) is 31.5 Å². The van der Waals surface area contributed by atoms with Crippen LogP contribution in [-0.4, -0.2) is 42.0 Å². The molecule has 1 unspecified atom stereocenters. The van der Waals surface area contributed by atoms with Crippen molar-refractivity contribution in [2.24, 2.45) is 5.73 Å². The first-order chi connectivity index (χ1) is 14.6. The fraction of sp³-hybridized carbons (Fsp3) is 0.208.